The van der Waals surface area contributed by atoms with Crippen molar-refractivity contribution in [3.63, 3.8) is 0 Å². The molecule has 0 bridgehead atoms. The molecule has 7 heteroatoms. The van der Waals surface area contributed by atoms with Crippen molar-refractivity contribution in [2.24, 2.45) is 0 Å². The topological polar surface area (TPSA) is 110 Å². The van der Waals surface area contributed by atoms with Gasteiger partial charge in [-0.3, -0.25) is 5.10 Å². The Morgan fingerprint density at radius 2 is 2.05 bits per heavy atom. The Kier molecular flexibility index (Phi) is 3.00. The lowest BCUT2D eigenvalue weighted by atomic mass is 10.1. The Morgan fingerprint density at radius 1 is 1.25 bits per heavy atom. The Bertz CT molecular complexity index is 752. The molecule has 0 spiro atoms. The molecule has 0 saturated heterocycles. The summed E-state index contributed by atoms with van der Waals surface area (Å²) in [7, 11) is 0. The van der Waals surface area contributed by atoms with Crippen LogP contribution >= 0.6 is 0 Å². The summed E-state index contributed by atoms with van der Waals surface area (Å²) in [4.78, 5) is 19.1. The molecule has 2 heterocycles. The van der Waals surface area contributed by atoms with Crippen molar-refractivity contribution in [2.75, 3.05) is 17.6 Å². The summed E-state index contributed by atoms with van der Waals surface area (Å²) in [5.74, 6) is 0.702. The molecule has 0 unspecified atom stereocenters. The zero-order valence-electron chi connectivity index (χ0n) is 10.5. The van der Waals surface area contributed by atoms with Gasteiger partial charge in [-0.25, -0.2) is 4.98 Å². The van der Waals surface area contributed by atoms with Crippen LogP contribution in [0.25, 0.3) is 22.3 Å². The fourth-order valence-corrected chi connectivity index (χ4v) is 1.97. The van der Waals surface area contributed by atoms with Gasteiger partial charge < -0.3 is 15.8 Å². The largest absolute Gasteiger partial charge is 0.382 e. The summed E-state index contributed by atoms with van der Waals surface area (Å²) >= 11 is 0. The van der Waals surface area contributed by atoms with Crippen LogP contribution in [0.2, 0.25) is 0 Å². The van der Waals surface area contributed by atoms with E-state index in [-0.39, 0.29) is 6.54 Å². The molecule has 1 aromatic carbocycles. The first-order chi connectivity index (χ1) is 9.79. The lowest BCUT2D eigenvalue weighted by Gasteiger charge is -2.06. The number of nitrogen functional groups attached to an aromatic ring is 1. The number of nitrogens with two attached hydrogens (primary N) is 1. The Morgan fingerprint density at radius 3 is 2.80 bits per heavy atom. The first-order valence-corrected chi connectivity index (χ1v) is 6.04. The van der Waals surface area contributed by atoms with E-state index in [1.807, 2.05) is 30.3 Å². The minimum absolute atomic E-state index is 0.142. The second kappa shape index (κ2) is 4.96. The number of hydrogen-bond acceptors (Lipinski definition) is 6. The monoisotopic (exact) mass is 268 g/mol. The van der Waals surface area contributed by atoms with Crippen LogP contribution in [-0.4, -0.2) is 33.0 Å². The first-order valence-electron chi connectivity index (χ1n) is 6.04. The molecule has 2 aromatic heterocycles. The highest BCUT2D eigenvalue weighted by molar-refractivity contribution is 5.98. The zero-order valence-corrected chi connectivity index (χ0v) is 10.5. The number of benzene rings is 1. The number of hydrogen-bond donors (Lipinski definition) is 3. The van der Waals surface area contributed by atoms with Crippen molar-refractivity contribution < 1.29 is 4.79 Å². The van der Waals surface area contributed by atoms with Gasteiger partial charge in [-0.2, -0.15) is 10.1 Å². The van der Waals surface area contributed by atoms with Gasteiger partial charge in [0.25, 0.3) is 0 Å². The van der Waals surface area contributed by atoms with Crippen LogP contribution in [0.5, 0.6) is 0 Å². The number of anilines is 2. The number of nitrogens with zero attached hydrogens (tertiary/aromatic N) is 3. The number of carbonyl (C=O) groups is 1. The number of rotatable bonds is 4. The van der Waals surface area contributed by atoms with E-state index in [1.165, 1.54) is 0 Å². The van der Waals surface area contributed by atoms with Crippen LogP contribution in [0.3, 0.4) is 0 Å². The third kappa shape index (κ3) is 2.05. The van der Waals surface area contributed by atoms with Gasteiger partial charge in [-0.1, -0.05) is 30.3 Å². The summed E-state index contributed by atoms with van der Waals surface area (Å²) in [5.41, 5.74) is 7.98. The molecule has 0 amide bonds. The predicted octanol–water partition coefficient (Wildman–Crippen LogP) is 1.21. The van der Waals surface area contributed by atoms with Gasteiger partial charge in [0.05, 0.1) is 17.6 Å². The van der Waals surface area contributed by atoms with Crippen LogP contribution < -0.4 is 11.1 Å². The minimum Gasteiger partial charge on any atom is -0.382 e. The van der Waals surface area contributed by atoms with E-state index in [0.29, 0.717) is 28.5 Å². The van der Waals surface area contributed by atoms with Crippen molar-refractivity contribution in [2.45, 2.75) is 0 Å². The van der Waals surface area contributed by atoms with E-state index in [2.05, 4.69) is 25.5 Å². The highest BCUT2D eigenvalue weighted by atomic mass is 16.1. The molecular formula is C13H12N6O. The normalized spacial score (nSPS) is 10.6. The number of H-pyrrole nitrogens is 1. The van der Waals surface area contributed by atoms with Gasteiger partial charge in [-0.05, 0) is 0 Å². The van der Waals surface area contributed by atoms with Gasteiger partial charge in [-0.15, -0.1) is 0 Å². The average Bonchev–Trinajstić information content (AvgIpc) is 2.87. The maximum Gasteiger partial charge on any atom is 0.225 e. The molecular weight excluding hydrogens is 256 g/mol. The molecule has 20 heavy (non-hydrogen) atoms. The number of carbonyl (C=O) groups excluding carboxylic acids is 1. The maximum atomic E-state index is 10.4. The third-order valence-corrected chi connectivity index (χ3v) is 2.84. The lowest BCUT2D eigenvalue weighted by molar-refractivity contribution is -0.106. The molecule has 7 nitrogen and oxygen atoms in total. The smallest absolute Gasteiger partial charge is 0.225 e. The minimum atomic E-state index is 0.142. The van der Waals surface area contributed by atoms with Crippen LogP contribution in [0.4, 0.5) is 11.8 Å². The van der Waals surface area contributed by atoms with E-state index in [1.54, 1.807) is 0 Å². The fourth-order valence-electron chi connectivity index (χ4n) is 1.97. The Labute approximate surface area is 114 Å². The Hall–Kier alpha value is -2.96. The van der Waals surface area contributed by atoms with Crippen molar-refractivity contribution in [1.29, 1.82) is 0 Å². The summed E-state index contributed by atoms with van der Waals surface area (Å²) in [6, 6.07) is 9.61. The number of nitrogens with one attached hydrogen (secondary N) is 2. The molecule has 0 atom stereocenters. The fraction of sp³-hybridized carbons (Fsp3) is 0.0769. The molecule has 100 valence electrons. The molecule has 0 saturated carbocycles. The van der Waals surface area contributed by atoms with Crippen LogP contribution in [0, 0.1) is 0 Å². The third-order valence-electron chi connectivity index (χ3n) is 2.84. The van der Waals surface area contributed by atoms with Crippen molar-refractivity contribution in [1.82, 2.24) is 20.2 Å². The van der Waals surface area contributed by atoms with Crippen LogP contribution in [-0.2, 0) is 4.79 Å². The second-order valence-electron chi connectivity index (χ2n) is 4.14. The highest BCUT2D eigenvalue weighted by Gasteiger charge is 2.14. The highest BCUT2D eigenvalue weighted by Crippen LogP contribution is 2.29. The summed E-state index contributed by atoms with van der Waals surface area (Å²) in [6.07, 6.45) is 0.747. The Balaban J connectivity index is 2.21. The van der Waals surface area contributed by atoms with Gasteiger partial charge in [0.2, 0.25) is 5.95 Å². The predicted molar refractivity (Wildman–Crippen MR) is 76.1 cm³/mol. The molecule has 3 aromatic rings. The number of aromatic nitrogens is 4. The molecule has 0 aliphatic heterocycles. The van der Waals surface area contributed by atoms with Gasteiger partial charge in [0, 0.05) is 5.56 Å². The molecule has 0 aliphatic carbocycles. The number of aldehydes is 1. The van der Waals surface area contributed by atoms with Gasteiger partial charge in [0.1, 0.15) is 6.29 Å². The number of aromatic amines is 1. The van der Waals surface area contributed by atoms with Crippen molar-refractivity contribution in [3.05, 3.63) is 30.3 Å². The molecule has 3 rings (SSSR count). The maximum absolute atomic E-state index is 10.4. The average molecular weight is 268 g/mol. The first kappa shape index (κ1) is 12.1. The summed E-state index contributed by atoms with van der Waals surface area (Å²) in [6.45, 7) is 0.142. The van der Waals surface area contributed by atoms with Crippen LogP contribution in [0.15, 0.2) is 30.3 Å². The summed E-state index contributed by atoms with van der Waals surface area (Å²) < 4.78 is 0. The van der Waals surface area contributed by atoms with E-state index in [0.717, 1.165) is 11.8 Å². The van der Waals surface area contributed by atoms with E-state index in [4.69, 9.17) is 5.73 Å². The SMILES string of the molecule is Nc1n[nH]c2nc(NCC=O)nc(-c3ccccc3)c12. The molecule has 0 fully saturated rings. The quantitative estimate of drug-likeness (QED) is 0.613. The van der Waals surface area contributed by atoms with Crippen molar-refractivity contribution >= 4 is 29.1 Å². The van der Waals surface area contributed by atoms with Crippen LogP contribution in [0.1, 0.15) is 0 Å². The van der Waals surface area contributed by atoms with Gasteiger partial charge in [0.15, 0.2) is 11.5 Å². The molecule has 0 radical (unpaired) electrons. The number of fused-ring (bicyclic) bond motifs is 1. The second-order valence-corrected chi connectivity index (χ2v) is 4.14. The molecule has 4 N–H and O–H groups in total. The van der Waals surface area contributed by atoms with Gasteiger partial charge >= 0.3 is 0 Å². The zero-order chi connectivity index (χ0) is 13.9. The standard InChI is InChI=1S/C13H12N6O/c14-11-9-10(8-4-2-1-3-5-8)16-13(15-6-7-20)17-12(9)19-18-11/h1-5,7H,6H2,(H4,14,15,16,17,18,19). The van der Waals surface area contributed by atoms with Crippen molar-refractivity contribution in [3.8, 4) is 11.3 Å². The molecule has 0 aliphatic rings. The van der Waals surface area contributed by atoms with E-state index in [9.17, 15) is 4.79 Å². The van der Waals surface area contributed by atoms with E-state index < -0.39 is 0 Å². The summed E-state index contributed by atoms with van der Waals surface area (Å²) in [5, 5.41) is 10.2. The lowest BCUT2D eigenvalue weighted by Crippen LogP contribution is -2.07. The van der Waals surface area contributed by atoms with E-state index >= 15 is 0 Å².